The van der Waals surface area contributed by atoms with Crippen LogP contribution in [0.15, 0.2) is 84.9 Å². The molecule has 0 aliphatic heterocycles. The Morgan fingerprint density at radius 3 is 1.89 bits per heavy atom. The number of benzene rings is 3. The lowest BCUT2D eigenvalue weighted by molar-refractivity contribution is 0.662. The fourth-order valence-corrected chi connectivity index (χ4v) is 5.19. The number of fused-ring (bicyclic) bond motifs is 3. The number of anilines is 2. The maximum atomic E-state index is 5.36. The molecule has 5 nitrogen and oxygen atoms in total. The van der Waals surface area contributed by atoms with E-state index in [2.05, 4.69) is 120 Å². The highest BCUT2D eigenvalue weighted by Gasteiger charge is 2.24. The molecule has 0 fully saturated rings. The van der Waals surface area contributed by atoms with Crippen LogP contribution in [0.5, 0.6) is 0 Å². The third-order valence-corrected chi connectivity index (χ3v) is 6.88. The quantitative estimate of drug-likeness (QED) is 0.192. The molecule has 0 aliphatic carbocycles. The van der Waals surface area contributed by atoms with Gasteiger partial charge in [0.15, 0.2) is 5.82 Å². The van der Waals surface area contributed by atoms with Gasteiger partial charge in [0.25, 0.3) is 0 Å². The second kappa shape index (κ2) is 11.5. The summed E-state index contributed by atoms with van der Waals surface area (Å²) in [5.74, 6) is 2.00. The zero-order valence-electron chi connectivity index (χ0n) is 22.3. The summed E-state index contributed by atoms with van der Waals surface area (Å²) in [4.78, 5) is 15.4. The Morgan fingerprint density at radius 1 is 0.676 bits per heavy atom. The van der Waals surface area contributed by atoms with Crippen molar-refractivity contribution in [2.75, 3.05) is 22.9 Å². The fourth-order valence-electron chi connectivity index (χ4n) is 5.19. The number of aryl methyl sites for hydroxylation is 1. The van der Waals surface area contributed by atoms with Crippen molar-refractivity contribution < 1.29 is 0 Å². The molecule has 0 aliphatic rings. The van der Waals surface area contributed by atoms with Gasteiger partial charge in [0, 0.05) is 38.1 Å². The van der Waals surface area contributed by atoms with Gasteiger partial charge in [-0.15, -0.1) is 0 Å². The van der Waals surface area contributed by atoms with E-state index in [1.807, 2.05) is 0 Å². The average molecular weight is 492 g/mol. The summed E-state index contributed by atoms with van der Waals surface area (Å²) in [5.41, 5.74) is 5.71. The first-order valence-electron chi connectivity index (χ1n) is 13.6. The first-order chi connectivity index (χ1) is 18.2. The maximum absolute atomic E-state index is 5.36. The van der Waals surface area contributed by atoms with Gasteiger partial charge in [-0.25, -0.2) is 9.97 Å². The number of aromatic nitrogens is 3. The van der Waals surface area contributed by atoms with Gasteiger partial charge in [-0.2, -0.15) is 0 Å². The van der Waals surface area contributed by atoms with E-state index in [1.165, 1.54) is 22.0 Å². The van der Waals surface area contributed by atoms with Gasteiger partial charge in [-0.05, 0) is 37.0 Å². The Hall–Kier alpha value is -3.86. The van der Waals surface area contributed by atoms with Crippen LogP contribution < -0.4 is 9.80 Å². The normalized spacial score (nSPS) is 11.3. The molecule has 0 saturated carbocycles. The molecule has 0 atom stereocenters. The van der Waals surface area contributed by atoms with E-state index in [9.17, 15) is 0 Å². The van der Waals surface area contributed by atoms with Gasteiger partial charge in [0.1, 0.15) is 5.52 Å². The molecule has 0 N–H and O–H groups in total. The molecule has 0 amide bonds. The molecule has 2 heterocycles. The minimum Gasteiger partial charge on any atom is -0.346 e. The zero-order chi connectivity index (χ0) is 25.6. The van der Waals surface area contributed by atoms with Crippen LogP contribution in [0.25, 0.3) is 21.9 Å². The van der Waals surface area contributed by atoms with Crippen LogP contribution >= 0.6 is 0 Å². The van der Waals surface area contributed by atoms with Crippen molar-refractivity contribution in [2.24, 2.45) is 0 Å². The van der Waals surface area contributed by atoms with E-state index in [1.54, 1.807) is 0 Å². The predicted octanol–water partition coefficient (Wildman–Crippen LogP) is 7.44. The molecule has 0 bridgehead atoms. The van der Waals surface area contributed by atoms with Crippen molar-refractivity contribution in [1.82, 2.24) is 14.5 Å². The summed E-state index contributed by atoms with van der Waals surface area (Å²) in [5, 5.41) is 1.17. The molecule has 0 unspecified atom stereocenters. The highest BCUT2D eigenvalue weighted by Crippen LogP contribution is 2.36. The number of para-hydroxylation sites is 1. The first-order valence-corrected chi connectivity index (χ1v) is 13.6. The summed E-state index contributed by atoms with van der Waals surface area (Å²) in [7, 11) is 0. The van der Waals surface area contributed by atoms with Crippen LogP contribution in [0.4, 0.5) is 11.8 Å². The van der Waals surface area contributed by atoms with Gasteiger partial charge in [-0.3, -0.25) is 0 Å². The summed E-state index contributed by atoms with van der Waals surface area (Å²) in [6.45, 7) is 11.1. The highest BCUT2D eigenvalue weighted by atomic mass is 15.3. The lowest BCUT2D eigenvalue weighted by Crippen LogP contribution is -2.27. The molecule has 2 aromatic heterocycles. The molecule has 5 rings (SSSR count). The van der Waals surface area contributed by atoms with Crippen molar-refractivity contribution in [1.29, 1.82) is 0 Å². The average Bonchev–Trinajstić information content (AvgIpc) is 3.31. The Morgan fingerprint density at radius 2 is 1.30 bits per heavy atom. The first kappa shape index (κ1) is 24.8. The van der Waals surface area contributed by atoms with Crippen molar-refractivity contribution in [2.45, 2.75) is 53.2 Å². The largest absolute Gasteiger partial charge is 0.346 e. The molecule has 5 heteroatoms. The number of hydrogen-bond acceptors (Lipinski definition) is 4. The lowest BCUT2D eigenvalue weighted by Gasteiger charge is -2.25. The Labute approximate surface area is 220 Å². The van der Waals surface area contributed by atoms with Crippen LogP contribution in [-0.4, -0.2) is 27.6 Å². The van der Waals surface area contributed by atoms with E-state index in [4.69, 9.17) is 9.97 Å². The van der Waals surface area contributed by atoms with Crippen molar-refractivity contribution in [3.05, 3.63) is 96.1 Å². The summed E-state index contributed by atoms with van der Waals surface area (Å²) in [6, 6.07) is 29.9. The summed E-state index contributed by atoms with van der Waals surface area (Å²) >= 11 is 0. The third kappa shape index (κ3) is 5.17. The number of nitrogens with zero attached hydrogens (tertiary/aromatic N) is 5. The predicted molar refractivity (Wildman–Crippen MR) is 156 cm³/mol. The molecule has 0 saturated heterocycles. The van der Waals surface area contributed by atoms with Crippen LogP contribution in [0.2, 0.25) is 0 Å². The number of hydrogen-bond donors (Lipinski definition) is 0. The molecule has 3 aromatic carbocycles. The van der Waals surface area contributed by atoms with Crippen molar-refractivity contribution >= 4 is 33.7 Å². The highest BCUT2D eigenvalue weighted by molar-refractivity contribution is 6.08. The van der Waals surface area contributed by atoms with Gasteiger partial charge in [0.05, 0.1) is 11.0 Å². The standard InChI is InChI=1S/C32H37N5/c1-4-21-35(6-3)32-34-29-30(37(32)22-5-2)27-19-13-14-20-28(27)33-31(29)36(23-25-15-9-7-10-16-25)24-26-17-11-8-12-18-26/h7-20H,4-6,21-24H2,1-3H3. The minimum absolute atomic E-state index is 0.762. The molecular weight excluding hydrogens is 454 g/mol. The summed E-state index contributed by atoms with van der Waals surface area (Å²) < 4.78 is 2.44. The lowest BCUT2D eigenvalue weighted by atomic mass is 10.1. The molecule has 190 valence electrons. The molecule has 0 radical (unpaired) electrons. The van der Waals surface area contributed by atoms with Crippen molar-refractivity contribution in [3.63, 3.8) is 0 Å². The molecule has 5 aromatic rings. The van der Waals surface area contributed by atoms with Crippen LogP contribution in [0.3, 0.4) is 0 Å². The number of pyridine rings is 1. The van der Waals surface area contributed by atoms with Gasteiger partial charge in [0.2, 0.25) is 5.95 Å². The van der Waals surface area contributed by atoms with E-state index in [0.29, 0.717) is 0 Å². The number of rotatable bonds is 11. The van der Waals surface area contributed by atoms with E-state index >= 15 is 0 Å². The second-order valence-electron chi connectivity index (χ2n) is 9.62. The SMILES string of the molecule is CCCN(CC)c1nc2c(N(Cc3ccccc3)Cc3ccccc3)nc3ccccc3c2n1CCC. The smallest absolute Gasteiger partial charge is 0.206 e. The fraction of sp³-hybridized carbons (Fsp3) is 0.312. The minimum atomic E-state index is 0.762. The van der Waals surface area contributed by atoms with E-state index < -0.39 is 0 Å². The van der Waals surface area contributed by atoms with E-state index in [-0.39, 0.29) is 0 Å². The van der Waals surface area contributed by atoms with Crippen LogP contribution in [-0.2, 0) is 19.6 Å². The zero-order valence-corrected chi connectivity index (χ0v) is 22.3. The molecule has 0 spiro atoms. The van der Waals surface area contributed by atoms with Crippen molar-refractivity contribution in [3.8, 4) is 0 Å². The van der Waals surface area contributed by atoms with Crippen LogP contribution in [0.1, 0.15) is 44.7 Å². The molecule has 37 heavy (non-hydrogen) atoms. The summed E-state index contributed by atoms with van der Waals surface area (Å²) in [6.07, 6.45) is 2.13. The third-order valence-electron chi connectivity index (χ3n) is 6.88. The van der Waals surface area contributed by atoms with E-state index in [0.717, 1.165) is 68.4 Å². The Kier molecular flexibility index (Phi) is 7.69. The molecular formula is C32H37N5. The monoisotopic (exact) mass is 491 g/mol. The Balaban J connectivity index is 1.76. The number of imidazole rings is 1. The Bertz CT molecular complexity index is 1400. The topological polar surface area (TPSA) is 37.2 Å². The second-order valence-corrected chi connectivity index (χ2v) is 9.62. The van der Waals surface area contributed by atoms with Gasteiger partial charge >= 0.3 is 0 Å². The maximum Gasteiger partial charge on any atom is 0.206 e. The van der Waals surface area contributed by atoms with Gasteiger partial charge in [-0.1, -0.05) is 92.7 Å². The van der Waals surface area contributed by atoms with Gasteiger partial charge < -0.3 is 14.4 Å². The van der Waals surface area contributed by atoms with Crippen LogP contribution in [0, 0.1) is 0 Å².